The molecule has 2 saturated heterocycles. The van der Waals surface area contributed by atoms with Crippen molar-refractivity contribution < 1.29 is 14.7 Å². The van der Waals surface area contributed by atoms with Crippen molar-refractivity contribution in [1.82, 2.24) is 9.80 Å². The quantitative estimate of drug-likeness (QED) is 0.403. The Hall–Kier alpha value is -2.77. The Morgan fingerprint density at radius 1 is 1.06 bits per heavy atom. The van der Waals surface area contributed by atoms with Gasteiger partial charge in [-0.3, -0.25) is 19.4 Å². The number of rotatable bonds is 5. The van der Waals surface area contributed by atoms with Crippen LogP contribution in [0.5, 0.6) is 0 Å². The van der Waals surface area contributed by atoms with Crippen LogP contribution in [-0.2, 0) is 22.7 Å². The second-order valence-corrected chi connectivity index (χ2v) is 11.0. The van der Waals surface area contributed by atoms with Crippen molar-refractivity contribution in [3.63, 3.8) is 0 Å². The van der Waals surface area contributed by atoms with Gasteiger partial charge in [0, 0.05) is 46.6 Å². The van der Waals surface area contributed by atoms with E-state index >= 15 is 0 Å². The minimum absolute atomic E-state index is 0.0210. The molecular weight excluding hydrogens is 480 g/mol. The van der Waals surface area contributed by atoms with Gasteiger partial charge in [0.05, 0.1) is 23.5 Å². The highest BCUT2D eigenvalue weighted by Gasteiger charge is 2.62. The molecule has 2 aromatic carbocycles. The van der Waals surface area contributed by atoms with Gasteiger partial charge >= 0.3 is 0 Å². The number of nitrogens with zero attached hydrogens (tertiary/aromatic N) is 2. The summed E-state index contributed by atoms with van der Waals surface area (Å²) in [5.41, 5.74) is 2.92. The predicted molar refractivity (Wildman–Crippen MR) is 139 cm³/mol. The number of fused-ring (bicyclic) bond motifs is 2. The number of amides is 2. The van der Waals surface area contributed by atoms with Crippen molar-refractivity contribution in [2.24, 2.45) is 17.8 Å². The van der Waals surface area contributed by atoms with E-state index in [1.54, 1.807) is 18.4 Å². The van der Waals surface area contributed by atoms with Gasteiger partial charge in [-0.15, -0.1) is 17.9 Å². The monoisotopic (exact) mass is 504 g/mol. The van der Waals surface area contributed by atoms with Crippen LogP contribution in [0.3, 0.4) is 0 Å². The Morgan fingerprint density at radius 3 is 2.46 bits per heavy atom. The molecule has 178 valence electrons. The molecule has 0 saturated carbocycles. The minimum atomic E-state index is -0.415. The maximum absolute atomic E-state index is 13.3. The molecule has 3 aliphatic heterocycles. The average molecular weight is 505 g/mol. The lowest BCUT2D eigenvalue weighted by molar-refractivity contribution is -0.138. The number of benzene rings is 2. The number of aliphatic hydroxyl groups is 1. The van der Waals surface area contributed by atoms with Crippen molar-refractivity contribution in [3.8, 4) is 0 Å². The van der Waals surface area contributed by atoms with E-state index in [2.05, 4.69) is 23.6 Å². The number of carbonyl (C=O) groups excluding carboxylic acids is 2. The SMILES string of the molecule is C=CC1C2C(c3ccc(CO)cc3)=CC(C3C(=O)N(C)C(=O)C32)N1Cc1sc2ccccc2c1Cl. The fraction of sp³-hybridized carbons (Fsp3) is 0.286. The van der Waals surface area contributed by atoms with E-state index in [0.717, 1.165) is 36.7 Å². The molecule has 5 nitrogen and oxygen atoms in total. The number of piperidine rings is 1. The maximum atomic E-state index is 13.3. The molecule has 2 bridgehead atoms. The summed E-state index contributed by atoms with van der Waals surface area (Å²) >= 11 is 8.47. The van der Waals surface area contributed by atoms with E-state index in [9.17, 15) is 14.7 Å². The Labute approximate surface area is 212 Å². The van der Waals surface area contributed by atoms with Gasteiger partial charge in [-0.05, 0) is 22.8 Å². The molecule has 0 radical (unpaired) electrons. The first-order valence-electron chi connectivity index (χ1n) is 11.7. The molecule has 7 heteroatoms. The lowest BCUT2D eigenvalue weighted by Crippen LogP contribution is -2.61. The summed E-state index contributed by atoms with van der Waals surface area (Å²) in [6.07, 6.45) is 4.09. The first-order chi connectivity index (χ1) is 16.9. The zero-order valence-electron chi connectivity index (χ0n) is 19.2. The fourth-order valence-corrected chi connectivity index (χ4v) is 7.71. The Balaban J connectivity index is 1.47. The number of hydrogen-bond acceptors (Lipinski definition) is 5. The second kappa shape index (κ2) is 8.42. The third-order valence-electron chi connectivity index (χ3n) is 7.86. The molecule has 4 heterocycles. The van der Waals surface area contributed by atoms with E-state index < -0.39 is 11.8 Å². The Bertz CT molecular complexity index is 1390. The second-order valence-electron chi connectivity index (χ2n) is 9.51. The maximum Gasteiger partial charge on any atom is 0.234 e. The largest absolute Gasteiger partial charge is 0.392 e. The summed E-state index contributed by atoms with van der Waals surface area (Å²) in [5.74, 6) is -1.25. The first-order valence-corrected chi connectivity index (χ1v) is 12.9. The Kier molecular flexibility index (Phi) is 5.45. The van der Waals surface area contributed by atoms with Crippen LogP contribution in [-0.4, -0.2) is 45.9 Å². The van der Waals surface area contributed by atoms with Crippen molar-refractivity contribution >= 4 is 50.4 Å². The number of aliphatic hydroxyl groups excluding tert-OH is 1. The van der Waals surface area contributed by atoms with E-state index in [4.69, 9.17) is 11.6 Å². The van der Waals surface area contributed by atoms with Crippen LogP contribution >= 0.6 is 22.9 Å². The van der Waals surface area contributed by atoms with Crippen LogP contribution in [0.4, 0.5) is 0 Å². The van der Waals surface area contributed by atoms with Gasteiger partial charge in [0.25, 0.3) is 0 Å². The van der Waals surface area contributed by atoms with Gasteiger partial charge in [0.2, 0.25) is 11.8 Å². The molecule has 1 N–H and O–H groups in total. The van der Waals surface area contributed by atoms with Gasteiger partial charge in [0.15, 0.2) is 0 Å². The molecule has 3 aromatic rings. The summed E-state index contributed by atoms with van der Waals surface area (Å²) < 4.78 is 1.13. The van der Waals surface area contributed by atoms with Crippen molar-refractivity contribution in [2.45, 2.75) is 25.2 Å². The van der Waals surface area contributed by atoms with E-state index in [1.165, 1.54) is 4.90 Å². The number of hydrogen-bond donors (Lipinski definition) is 1. The van der Waals surface area contributed by atoms with Crippen molar-refractivity contribution in [3.05, 3.63) is 88.3 Å². The van der Waals surface area contributed by atoms with Crippen LogP contribution < -0.4 is 0 Å². The first kappa shape index (κ1) is 22.7. The molecule has 35 heavy (non-hydrogen) atoms. The molecule has 2 fully saturated rings. The number of halogens is 1. The number of likely N-dealkylation sites (tertiary alicyclic amines) is 1. The molecule has 1 aliphatic carbocycles. The van der Waals surface area contributed by atoms with Crippen molar-refractivity contribution in [1.29, 1.82) is 0 Å². The summed E-state index contributed by atoms with van der Waals surface area (Å²) in [7, 11) is 1.59. The molecule has 5 unspecified atom stereocenters. The van der Waals surface area contributed by atoms with Gasteiger partial charge in [0.1, 0.15) is 0 Å². The zero-order valence-corrected chi connectivity index (χ0v) is 20.8. The highest BCUT2D eigenvalue weighted by Crippen LogP contribution is 2.54. The summed E-state index contributed by atoms with van der Waals surface area (Å²) in [5, 5.41) is 11.2. The molecule has 4 aliphatic rings. The standard InChI is InChI=1S/C28H25ClN2O3S/c1-3-19-23-18(16-10-8-15(14-32)9-11-16)12-20(24-25(23)28(34)30(2)27(24)33)31(19)13-22-26(29)17-6-4-5-7-21(17)35-22/h3-12,19-20,23-25,32H,1,13-14H2,2H3. The molecule has 0 spiro atoms. The minimum Gasteiger partial charge on any atom is -0.392 e. The van der Waals surface area contributed by atoms with E-state index in [0.29, 0.717) is 6.54 Å². The van der Waals surface area contributed by atoms with Gasteiger partial charge < -0.3 is 5.11 Å². The topological polar surface area (TPSA) is 60.9 Å². The van der Waals surface area contributed by atoms with E-state index in [1.807, 2.05) is 48.5 Å². The Morgan fingerprint density at radius 2 is 1.77 bits per heavy atom. The summed E-state index contributed by atoms with van der Waals surface area (Å²) in [6.45, 7) is 4.71. The highest BCUT2D eigenvalue weighted by atomic mass is 35.5. The molecule has 7 rings (SSSR count). The third-order valence-corrected chi connectivity index (χ3v) is 9.55. The highest BCUT2D eigenvalue weighted by molar-refractivity contribution is 7.19. The lowest BCUT2D eigenvalue weighted by atomic mass is 9.61. The van der Waals surface area contributed by atoms with Gasteiger partial charge in [-0.25, -0.2) is 0 Å². The number of thiophene rings is 1. The lowest BCUT2D eigenvalue weighted by Gasteiger charge is -2.53. The summed E-state index contributed by atoms with van der Waals surface area (Å²) in [4.78, 5) is 31.2. The normalized spacial score (nSPS) is 28.0. The van der Waals surface area contributed by atoms with Crippen LogP contribution in [0, 0.1) is 17.8 Å². The van der Waals surface area contributed by atoms with Crippen molar-refractivity contribution in [2.75, 3.05) is 7.05 Å². The smallest absolute Gasteiger partial charge is 0.234 e. The molecule has 5 atom stereocenters. The van der Waals surface area contributed by atoms with Crippen LogP contribution in [0.25, 0.3) is 15.7 Å². The van der Waals surface area contributed by atoms with Gasteiger partial charge in [-0.1, -0.05) is 66.2 Å². The molecule has 2 amide bonds. The number of carbonyl (C=O) groups is 2. The van der Waals surface area contributed by atoms with E-state index in [-0.39, 0.29) is 36.4 Å². The van der Waals surface area contributed by atoms with Crippen LogP contribution in [0.1, 0.15) is 16.0 Å². The zero-order chi connectivity index (χ0) is 24.4. The molecular formula is C28H25ClN2O3S. The molecule has 1 aromatic heterocycles. The third kappa shape index (κ3) is 3.28. The predicted octanol–water partition coefficient (Wildman–Crippen LogP) is 4.73. The fourth-order valence-electron chi connectivity index (χ4n) is 6.21. The summed E-state index contributed by atoms with van der Waals surface area (Å²) in [6, 6.07) is 15.5. The average Bonchev–Trinajstić information content (AvgIpc) is 3.33. The number of imide groups is 1. The van der Waals surface area contributed by atoms with Crippen LogP contribution in [0.2, 0.25) is 5.02 Å². The van der Waals surface area contributed by atoms with Crippen LogP contribution in [0.15, 0.2) is 67.3 Å². The van der Waals surface area contributed by atoms with Gasteiger partial charge in [-0.2, -0.15) is 0 Å².